The van der Waals surface area contributed by atoms with Crippen LogP contribution in [0.15, 0.2) is 29.2 Å². The third-order valence-corrected chi connectivity index (χ3v) is 3.97. The first-order valence-corrected chi connectivity index (χ1v) is 7.70. The Hall–Kier alpha value is -0.960. The second kappa shape index (κ2) is 8.20. The molecule has 18 heavy (non-hydrogen) atoms. The van der Waals surface area contributed by atoms with Crippen molar-refractivity contribution in [2.75, 3.05) is 5.75 Å². The van der Waals surface area contributed by atoms with Crippen molar-refractivity contribution < 1.29 is 4.79 Å². The third kappa shape index (κ3) is 4.73. The summed E-state index contributed by atoms with van der Waals surface area (Å²) in [6.45, 7) is 6.34. The minimum absolute atomic E-state index is 0.0511. The Morgan fingerprint density at radius 1 is 1.28 bits per heavy atom. The molecule has 1 aromatic carbocycles. The van der Waals surface area contributed by atoms with Gasteiger partial charge in [-0.1, -0.05) is 32.4 Å². The molecule has 1 rings (SSSR count). The molecule has 0 heterocycles. The normalized spacial score (nSPS) is 12.2. The minimum atomic E-state index is 0.0511. The highest BCUT2D eigenvalue weighted by Gasteiger charge is 2.12. The Bertz CT molecular complexity index is 379. The Kier molecular flexibility index (Phi) is 6.88. The van der Waals surface area contributed by atoms with Crippen molar-refractivity contribution in [1.29, 1.82) is 0 Å². The lowest BCUT2D eigenvalue weighted by Gasteiger charge is -2.14. The fraction of sp³-hybridized carbons (Fsp3) is 0.533. The molecular formula is C15H23NOS. The molecular weight excluding hydrogens is 242 g/mol. The van der Waals surface area contributed by atoms with Gasteiger partial charge < -0.3 is 5.32 Å². The fourth-order valence-electron chi connectivity index (χ4n) is 1.80. The number of amides is 1. The summed E-state index contributed by atoms with van der Waals surface area (Å²) in [7, 11) is 0. The fourth-order valence-corrected chi connectivity index (χ4v) is 2.71. The molecule has 0 radical (unpaired) electrons. The van der Waals surface area contributed by atoms with E-state index >= 15 is 0 Å². The Morgan fingerprint density at radius 2 is 2.00 bits per heavy atom. The Morgan fingerprint density at radius 3 is 2.67 bits per heavy atom. The van der Waals surface area contributed by atoms with Gasteiger partial charge in [-0.25, -0.2) is 0 Å². The van der Waals surface area contributed by atoms with Crippen molar-refractivity contribution in [3.05, 3.63) is 29.8 Å². The van der Waals surface area contributed by atoms with Crippen LogP contribution in [-0.2, 0) is 0 Å². The molecule has 0 spiro atoms. The molecule has 0 bridgehead atoms. The van der Waals surface area contributed by atoms with E-state index in [0.29, 0.717) is 0 Å². The zero-order valence-corrected chi connectivity index (χ0v) is 12.3. The number of carbonyl (C=O) groups excluding carboxylic acids is 1. The molecule has 1 unspecified atom stereocenters. The van der Waals surface area contributed by atoms with Crippen molar-refractivity contribution in [3.63, 3.8) is 0 Å². The van der Waals surface area contributed by atoms with Gasteiger partial charge in [-0.15, -0.1) is 11.8 Å². The predicted octanol–water partition coefficient (Wildman–Crippen LogP) is 4.11. The quantitative estimate of drug-likeness (QED) is 0.752. The van der Waals surface area contributed by atoms with Crippen LogP contribution >= 0.6 is 11.8 Å². The maximum absolute atomic E-state index is 12.2. The van der Waals surface area contributed by atoms with Crippen molar-refractivity contribution in [2.45, 2.75) is 51.0 Å². The van der Waals surface area contributed by atoms with E-state index in [1.165, 1.54) is 0 Å². The van der Waals surface area contributed by atoms with Crippen LogP contribution in [0.5, 0.6) is 0 Å². The maximum Gasteiger partial charge on any atom is 0.252 e. The van der Waals surface area contributed by atoms with Gasteiger partial charge >= 0.3 is 0 Å². The van der Waals surface area contributed by atoms with E-state index in [2.05, 4.69) is 26.1 Å². The van der Waals surface area contributed by atoms with Crippen LogP contribution in [0.25, 0.3) is 0 Å². The van der Waals surface area contributed by atoms with Crippen molar-refractivity contribution >= 4 is 17.7 Å². The molecule has 0 saturated carbocycles. The Balaban J connectivity index is 2.71. The van der Waals surface area contributed by atoms with E-state index in [9.17, 15) is 4.79 Å². The number of benzene rings is 1. The lowest BCUT2D eigenvalue weighted by molar-refractivity contribution is 0.0935. The number of carbonyl (C=O) groups is 1. The van der Waals surface area contributed by atoms with Crippen LogP contribution < -0.4 is 5.32 Å². The molecule has 3 heteroatoms. The second-order valence-corrected chi connectivity index (χ2v) is 5.64. The largest absolute Gasteiger partial charge is 0.350 e. The highest BCUT2D eigenvalue weighted by atomic mass is 32.2. The number of hydrogen-bond acceptors (Lipinski definition) is 2. The van der Waals surface area contributed by atoms with Crippen LogP contribution in [0.4, 0.5) is 0 Å². The highest BCUT2D eigenvalue weighted by Crippen LogP contribution is 2.23. The summed E-state index contributed by atoms with van der Waals surface area (Å²) >= 11 is 1.75. The number of hydrogen-bond donors (Lipinski definition) is 1. The third-order valence-electron chi connectivity index (χ3n) is 2.69. The van der Waals surface area contributed by atoms with E-state index in [1.807, 2.05) is 24.3 Å². The van der Waals surface area contributed by atoms with Crippen molar-refractivity contribution in [3.8, 4) is 0 Å². The molecule has 2 nitrogen and oxygen atoms in total. The number of nitrogens with one attached hydrogen (secondary N) is 1. The average Bonchev–Trinajstić information content (AvgIpc) is 2.36. The highest BCUT2D eigenvalue weighted by molar-refractivity contribution is 7.99. The van der Waals surface area contributed by atoms with E-state index in [0.717, 1.165) is 35.5 Å². The smallest absolute Gasteiger partial charge is 0.252 e. The molecule has 100 valence electrons. The van der Waals surface area contributed by atoms with Crippen molar-refractivity contribution in [2.24, 2.45) is 0 Å². The predicted molar refractivity (Wildman–Crippen MR) is 79.3 cm³/mol. The lowest BCUT2D eigenvalue weighted by Crippen LogP contribution is -2.32. The summed E-state index contributed by atoms with van der Waals surface area (Å²) in [5, 5.41) is 3.06. The van der Waals surface area contributed by atoms with Crippen LogP contribution in [0.1, 0.15) is 50.4 Å². The first-order valence-electron chi connectivity index (χ1n) is 6.71. The van der Waals surface area contributed by atoms with E-state index in [1.54, 1.807) is 11.8 Å². The maximum atomic E-state index is 12.2. The standard InChI is InChI=1S/C15H23NOS/c1-4-8-12(3)16-15(17)13-9-6-7-10-14(13)18-11-5-2/h6-7,9-10,12H,4-5,8,11H2,1-3H3,(H,16,17). The number of rotatable bonds is 7. The van der Waals surface area contributed by atoms with Gasteiger partial charge in [0.2, 0.25) is 0 Å². The van der Waals surface area contributed by atoms with Gasteiger partial charge in [0.05, 0.1) is 5.56 Å². The summed E-state index contributed by atoms with van der Waals surface area (Å²) in [6.07, 6.45) is 3.23. The van der Waals surface area contributed by atoms with Gasteiger partial charge in [0.25, 0.3) is 5.91 Å². The van der Waals surface area contributed by atoms with Crippen LogP contribution in [-0.4, -0.2) is 17.7 Å². The summed E-state index contributed by atoms with van der Waals surface area (Å²) in [5.41, 5.74) is 0.805. The van der Waals surface area contributed by atoms with Crippen LogP contribution in [0.3, 0.4) is 0 Å². The monoisotopic (exact) mass is 265 g/mol. The Labute approximate surface area is 115 Å². The topological polar surface area (TPSA) is 29.1 Å². The van der Waals surface area contributed by atoms with E-state index in [4.69, 9.17) is 0 Å². The van der Waals surface area contributed by atoms with E-state index < -0.39 is 0 Å². The SMILES string of the molecule is CCCSc1ccccc1C(=O)NC(C)CCC. The minimum Gasteiger partial charge on any atom is -0.350 e. The van der Waals surface area contributed by atoms with E-state index in [-0.39, 0.29) is 11.9 Å². The average molecular weight is 265 g/mol. The molecule has 1 amide bonds. The van der Waals surface area contributed by atoms with Crippen LogP contribution in [0.2, 0.25) is 0 Å². The van der Waals surface area contributed by atoms with Gasteiger partial charge in [0, 0.05) is 10.9 Å². The lowest BCUT2D eigenvalue weighted by atomic mass is 10.1. The van der Waals surface area contributed by atoms with Gasteiger partial charge in [-0.05, 0) is 37.7 Å². The second-order valence-electron chi connectivity index (χ2n) is 4.51. The van der Waals surface area contributed by atoms with Crippen LogP contribution in [0, 0.1) is 0 Å². The molecule has 1 N–H and O–H groups in total. The molecule has 0 saturated heterocycles. The van der Waals surface area contributed by atoms with Gasteiger partial charge in [0.1, 0.15) is 0 Å². The molecule has 0 aliphatic heterocycles. The summed E-state index contributed by atoms with van der Waals surface area (Å²) in [5.74, 6) is 1.10. The summed E-state index contributed by atoms with van der Waals surface area (Å²) < 4.78 is 0. The zero-order chi connectivity index (χ0) is 13.4. The molecule has 0 aliphatic carbocycles. The zero-order valence-electron chi connectivity index (χ0n) is 11.5. The molecule has 1 atom stereocenters. The molecule has 0 aromatic heterocycles. The molecule has 0 fully saturated rings. The van der Waals surface area contributed by atoms with Gasteiger partial charge in [-0.2, -0.15) is 0 Å². The number of thioether (sulfide) groups is 1. The molecule has 1 aromatic rings. The summed E-state index contributed by atoms with van der Waals surface area (Å²) in [4.78, 5) is 13.3. The van der Waals surface area contributed by atoms with Gasteiger partial charge in [-0.3, -0.25) is 4.79 Å². The molecule has 0 aliphatic rings. The van der Waals surface area contributed by atoms with Crippen molar-refractivity contribution in [1.82, 2.24) is 5.32 Å². The first-order chi connectivity index (χ1) is 8.69. The first kappa shape index (κ1) is 15.1. The summed E-state index contributed by atoms with van der Waals surface area (Å²) in [6, 6.07) is 8.09. The van der Waals surface area contributed by atoms with Gasteiger partial charge in [0.15, 0.2) is 0 Å².